The summed E-state index contributed by atoms with van der Waals surface area (Å²) in [6, 6.07) is 8.72. The molecule has 0 radical (unpaired) electrons. The van der Waals surface area contributed by atoms with Crippen molar-refractivity contribution >= 4 is 22.6 Å². The summed E-state index contributed by atoms with van der Waals surface area (Å²) in [5.41, 5.74) is 5.63. The monoisotopic (exact) mass is 443 g/mol. The highest BCUT2D eigenvalue weighted by molar-refractivity contribution is 5.89. The number of unbranched alkanes of at least 4 members (excludes halogenated alkanes) is 3. The normalized spacial score (nSPS) is 12.0. The lowest BCUT2D eigenvalue weighted by molar-refractivity contribution is 0.188. The molecule has 1 atom stereocenters. The van der Waals surface area contributed by atoms with Crippen molar-refractivity contribution < 1.29 is 13.6 Å². The smallest absolute Gasteiger partial charge is 0.322 e. The molecule has 1 unspecified atom stereocenters. The van der Waals surface area contributed by atoms with Crippen LogP contribution in [0.3, 0.4) is 0 Å². The van der Waals surface area contributed by atoms with E-state index in [2.05, 4.69) is 15.3 Å². The summed E-state index contributed by atoms with van der Waals surface area (Å²) in [4.78, 5) is 34.3. The summed E-state index contributed by atoms with van der Waals surface area (Å²) < 4.78 is 27.3. The Morgan fingerprint density at radius 3 is 2.66 bits per heavy atom. The maximum Gasteiger partial charge on any atom is 0.322 e. The molecular weight excluding hydrogens is 416 g/mol. The van der Waals surface area contributed by atoms with Crippen LogP contribution in [0.15, 0.2) is 47.3 Å². The number of benzene rings is 2. The molecule has 3 rings (SSSR count). The molecule has 0 aliphatic carbocycles. The number of aromatic nitrogens is 2. The average Bonchev–Trinajstić information content (AvgIpc) is 2.77. The minimum absolute atomic E-state index is 0.128. The number of rotatable bonds is 9. The largest absolute Gasteiger partial charge is 0.330 e. The lowest BCUT2D eigenvalue weighted by Gasteiger charge is -2.29. The fraction of sp³-hybridized carbons (Fsp3) is 0.348. The first-order chi connectivity index (χ1) is 15.4. The van der Waals surface area contributed by atoms with Crippen molar-refractivity contribution in [2.75, 3.05) is 18.4 Å². The number of nitrogens with two attached hydrogens (primary N) is 1. The molecule has 1 heterocycles. The van der Waals surface area contributed by atoms with Crippen molar-refractivity contribution in [2.24, 2.45) is 5.73 Å². The van der Waals surface area contributed by atoms with E-state index >= 15 is 0 Å². The minimum atomic E-state index is -0.869. The van der Waals surface area contributed by atoms with Crippen molar-refractivity contribution in [3.8, 4) is 0 Å². The maximum absolute atomic E-state index is 14.1. The van der Waals surface area contributed by atoms with Crippen molar-refractivity contribution in [3.63, 3.8) is 0 Å². The topological polar surface area (TPSA) is 104 Å². The van der Waals surface area contributed by atoms with E-state index in [-0.39, 0.29) is 11.2 Å². The minimum Gasteiger partial charge on any atom is -0.330 e. The second-order valence-corrected chi connectivity index (χ2v) is 7.59. The molecule has 2 amide bonds. The maximum atomic E-state index is 14.1. The number of anilines is 1. The van der Waals surface area contributed by atoms with E-state index < -0.39 is 23.7 Å². The predicted molar refractivity (Wildman–Crippen MR) is 120 cm³/mol. The number of carbonyl (C=O) groups excluding carboxylic acids is 1. The van der Waals surface area contributed by atoms with E-state index in [1.165, 1.54) is 11.0 Å². The number of para-hydroxylation sites is 1. The number of amides is 2. The molecule has 0 saturated heterocycles. The molecule has 0 spiro atoms. The van der Waals surface area contributed by atoms with Crippen LogP contribution in [0, 0.1) is 11.6 Å². The molecule has 0 bridgehead atoms. The molecule has 170 valence electrons. The third kappa shape index (κ3) is 5.67. The van der Waals surface area contributed by atoms with Crippen LogP contribution in [0.1, 0.15) is 44.5 Å². The summed E-state index contributed by atoms with van der Waals surface area (Å²) in [6.45, 7) is 2.71. The zero-order chi connectivity index (χ0) is 23.1. The molecule has 32 heavy (non-hydrogen) atoms. The highest BCUT2D eigenvalue weighted by atomic mass is 19.1. The molecular formula is C23H27F2N5O2. The van der Waals surface area contributed by atoms with Gasteiger partial charge < -0.3 is 20.9 Å². The quantitative estimate of drug-likeness (QED) is 0.429. The van der Waals surface area contributed by atoms with Crippen LogP contribution in [-0.2, 0) is 0 Å². The van der Waals surface area contributed by atoms with E-state index in [9.17, 15) is 18.4 Å². The molecule has 9 heteroatoms. The molecule has 4 N–H and O–H groups in total. The van der Waals surface area contributed by atoms with Gasteiger partial charge in [-0.3, -0.25) is 4.79 Å². The number of hydrogen-bond acceptors (Lipinski definition) is 4. The van der Waals surface area contributed by atoms with E-state index in [1.54, 1.807) is 31.2 Å². The van der Waals surface area contributed by atoms with Crippen LogP contribution in [0.2, 0.25) is 0 Å². The first-order valence-corrected chi connectivity index (χ1v) is 10.6. The number of hydrogen-bond donors (Lipinski definition) is 3. The number of halogens is 2. The first-order valence-electron chi connectivity index (χ1n) is 10.6. The standard InChI is InChI=1S/C23H27F2N5O2/c1-15(21-27-19-9-5-4-8-17(19)22(31)29-21)30(13-7-3-2-6-12-26)23(32)28-20-11-10-16(24)14-18(20)25/h4-5,8-11,14-15H,2-3,6-7,12-13,26H2,1H3,(H,28,32)(H,27,29,31). The molecule has 3 aromatic rings. The van der Waals surface area contributed by atoms with Crippen LogP contribution < -0.4 is 16.6 Å². The van der Waals surface area contributed by atoms with Crippen LogP contribution in [0.4, 0.5) is 19.3 Å². The fourth-order valence-corrected chi connectivity index (χ4v) is 3.48. The van der Waals surface area contributed by atoms with Gasteiger partial charge in [-0.15, -0.1) is 0 Å². The van der Waals surface area contributed by atoms with Crippen molar-refractivity contribution in [1.82, 2.24) is 14.9 Å². The third-order valence-corrected chi connectivity index (χ3v) is 5.28. The van der Waals surface area contributed by atoms with Gasteiger partial charge in [0.15, 0.2) is 0 Å². The van der Waals surface area contributed by atoms with E-state index in [1.807, 2.05) is 0 Å². The van der Waals surface area contributed by atoms with E-state index in [0.717, 1.165) is 25.3 Å². The molecule has 0 aliphatic heterocycles. The Labute approximate surface area is 184 Å². The van der Waals surface area contributed by atoms with Gasteiger partial charge in [0.25, 0.3) is 5.56 Å². The second kappa shape index (κ2) is 10.8. The number of urea groups is 1. The summed E-state index contributed by atoms with van der Waals surface area (Å²) in [7, 11) is 0. The zero-order valence-electron chi connectivity index (χ0n) is 17.9. The van der Waals surface area contributed by atoms with Gasteiger partial charge in [0.05, 0.1) is 22.6 Å². The highest BCUT2D eigenvalue weighted by Crippen LogP contribution is 2.22. The van der Waals surface area contributed by atoms with Crippen LogP contribution in [-0.4, -0.2) is 34.0 Å². The molecule has 0 aliphatic rings. The number of carbonyl (C=O) groups is 1. The van der Waals surface area contributed by atoms with E-state index in [0.29, 0.717) is 42.3 Å². The Morgan fingerprint density at radius 1 is 1.16 bits per heavy atom. The summed E-state index contributed by atoms with van der Waals surface area (Å²) in [5, 5.41) is 2.95. The molecule has 0 fully saturated rings. The number of nitrogens with zero attached hydrogens (tertiary/aromatic N) is 2. The predicted octanol–water partition coefficient (Wildman–Crippen LogP) is 4.32. The molecule has 0 saturated carbocycles. The molecule has 7 nitrogen and oxygen atoms in total. The van der Waals surface area contributed by atoms with Gasteiger partial charge in [0.2, 0.25) is 0 Å². The number of nitrogens with one attached hydrogen (secondary N) is 2. The third-order valence-electron chi connectivity index (χ3n) is 5.28. The number of fused-ring (bicyclic) bond motifs is 1. The van der Waals surface area contributed by atoms with Crippen molar-refractivity contribution in [1.29, 1.82) is 0 Å². The summed E-state index contributed by atoms with van der Waals surface area (Å²) in [6.07, 6.45) is 3.38. The highest BCUT2D eigenvalue weighted by Gasteiger charge is 2.24. The van der Waals surface area contributed by atoms with Crippen LogP contribution in [0.25, 0.3) is 10.9 Å². The van der Waals surface area contributed by atoms with Gasteiger partial charge >= 0.3 is 6.03 Å². The lowest BCUT2D eigenvalue weighted by atomic mass is 10.1. The van der Waals surface area contributed by atoms with Crippen LogP contribution >= 0.6 is 0 Å². The Bertz CT molecular complexity index is 1130. The lowest BCUT2D eigenvalue weighted by Crippen LogP contribution is -2.39. The van der Waals surface area contributed by atoms with Gasteiger partial charge in [-0.2, -0.15) is 0 Å². The van der Waals surface area contributed by atoms with Gasteiger partial charge in [-0.05, 0) is 50.6 Å². The Morgan fingerprint density at radius 2 is 1.91 bits per heavy atom. The van der Waals surface area contributed by atoms with Gasteiger partial charge in [-0.25, -0.2) is 18.6 Å². The number of H-pyrrole nitrogens is 1. The van der Waals surface area contributed by atoms with Crippen molar-refractivity contribution in [2.45, 2.75) is 38.6 Å². The van der Waals surface area contributed by atoms with Gasteiger partial charge in [0.1, 0.15) is 17.5 Å². The summed E-state index contributed by atoms with van der Waals surface area (Å²) in [5.74, 6) is -1.28. The SMILES string of the molecule is CC(c1nc2ccccc2c(=O)[nH]1)N(CCCCCCN)C(=O)Nc1ccc(F)cc1F. The fourth-order valence-electron chi connectivity index (χ4n) is 3.48. The first kappa shape index (κ1) is 23.3. The Kier molecular flexibility index (Phi) is 7.88. The number of aromatic amines is 1. The molecule has 1 aromatic heterocycles. The van der Waals surface area contributed by atoms with Crippen LogP contribution in [0.5, 0.6) is 0 Å². The van der Waals surface area contributed by atoms with Gasteiger partial charge in [-0.1, -0.05) is 25.0 Å². The zero-order valence-corrected chi connectivity index (χ0v) is 17.9. The Hall–Kier alpha value is -3.33. The second-order valence-electron chi connectivity index (χ2n) is 7.59. The average molecular weight is 443 g/mol. The Balaban J connectivity index is 1.85. The van der Waals surface area contributed by atoms with Crippen molar-refractivity contribution in [3.05, 3.63) is 70.3 Å². The molecule has 2 aromatic carbocycles. The van der Waals surface area contributed by atoms with Gasteiger partial charge in [0, 0.05) is 12.6 Å². The van der Waals surface area contributed by atoms with E-state index in [4.69, 9.17) is 5.73 Å². The summed E-state index contributed by atoms with van der Waals surface area (Å²) >= 11 is 0.